The van der Waals surface area contributed by atoms with Gasteiger partial charge in [-0.2, -0.15) is 13.2 Å². The first-order chi connectivity index (χ1) is 11.3. The number of hydrogen-bond acceptors (Lipinski definition) is 8. The maximum atomic E-state index is 12.2. The average Bonchev–Trinajstić information content (AvgIpc) is 3.03. The van der Waals surface area contributed by atoms with Gasteiger partial charge in [0.15, 0.2) is 17.7 Å². The maximum Gasteiger partial charge on any atom is 0.397 e. The zero-order valence-corrected chi connectivity index (χ0v) is 12.9. The number of ether oxygens (including phenoxy) is 1. The minimum absolute atomic E-state index is 0.113. The van der Waals surface area contributed by atoms with E-state index in [1.807, 2.05) is 0 Å². The number of nitrogens with two attached hydrogens (primary N) is 1. The second-order valence-electron chi connectivity index (χ2n) is 5.26. The van der Waals surface area contributed by atoms with E-state index in [1.165, 1.54) is 17.2 Å². The summed E-state index contributed by atoms with van der Waals surface area (Å²) in [5.41, 5.74) is 6.27. The number of imidazole rings is 1. The summed E-state index contributed by atoms with van der Waals surface area (Å²) in [6.45, 7) is 0. The lowest BCUT2D eigenvalue weighted by Gasteiger charge is -2.16. The van der Waals surface area contributed by atoms with Crippen molar-refractivity contribution >= 4 is 28.7 Å². The molecule has 1 saturated heterocycles. The van der Waals surface area contributed by atoms with Gasteiger partial charge in [0.2, 0.25) is 0 Å². The van der Waals surface area contributed by atoms with Gasteiger partial charge in [-0.1, -0.05) is 0 Å². The summed E-state index contributed by atoms with van der Waals surface area (Å²) in [5.74, 6) is -1.03. The van der Waals surface area contributed by atoms with Gasteiger partial charge in [-0.15, -0.1) is 11.8 Å². The molecule has 132 valence electrons. The van der Waals surface area contributed by atoms with Gasteiger partial charge >= 0.3 is 6.18 Å². The molecule has 0 saturated carbocycles. The van der Waals surface area contributed by atoms with Crippen LogP contribution in [0.25, 0.3) is 11.2 Å². The topological polar surface area (TPSA) is 119 Å². The van der Waals surface area contributed by atoms with Gasteiger partial charge in [0, 0.05) is 5.75 Å². The highest BCUT2D eigenvalue weighted by molar-refractivity contribution is 7.99. The predicted octanol–water partition coefficient (Wildman–Crippen LogP) is 0.323. The third-order valence-corrected chi connectivity index (χ3v) is 4.64. The van der Waals surface area contributed by atoms with Gasteiger partial charge in [0.25, 0.3) is 0 Å². The van der Waals surface area contributed by atoms with Crippen LogP contribution in [-0.4, -0.2) is 65.7 Å². The van der Waals surface area contributed by atoms with Crippen LogP contribution in [0.1, 0.15) is 6.23 Å². The zero-order chi connectivity index (χ0) is 17.5. The molecule has 2 aromatic rings. The maximum absolute atomic E-state index is 12.2. The van der Waals surface area contributed by atoms with Crippen LogP contribution >= 0.6 is 11.8 Å². The molecule has 4 unspecified atom stereocenters. The molecule has 0 aromatic carbocycles. The number of fused-ring (bicyclic) bond motifs is 1. The number of nitrogens with zero attached hydrogens (tertiary/aromatic N) is 4. The van der Waals surface area contributed by atoms with Gasteiger partial charge in [-0.05, 0) is 0 Å². The number of hydrogen-bond donors (Lipinski definition) is 3. The predicted molar refractivity (Wildman–Crippen MR) is 79.0 cm³/mol. The lowest BCUT2D eigenvalue weighted by molar-refractivity contribution is -0.105. The number of thioether (sulfide) groups is 1. The van der Waals surface area contributed by atoms with Crippen molar-refractivity contribution in [2.45, 2.75) is 30.7 Å². The molecule has 2 aromatic heterocycles. The van der Waals surface area contributed by atoms with E-state index in [4.69, 9.17) is 10.5 Å². The van der Waals surface area contributed by atoms with E-state index in [2.05, 4.69) is 15.0 Å². The standard InChI is InChI=1S/C12H14F3N5O3S/c13-12(14,15)2-24-1-5-7(21)8(22)11(23-5)20-4-19-6-9(16)17-3-18-10(6)20/h3-5,7-8,11,21-22H,1-2H2,(H2,16,17,18). The first-order valence-electron chi connectivity index (χ1n) is 6.87. The zero-order valence-electron chi connectivity index (χ0n) is 12.1. The second-order valence-corrected chi connectivity index (χ2v) is 6.29. The first kappa shape index (κ1) is 17.2. The van der Waals surface area contributed by atoms with Gasteiger partial charge in [-0.3, -0.25) is 4.57 Å². The fraction of sp³-hybridized carbons (Fsp3) is 0.583. The van der Waals surface area contributed by atoms with Crippen LogP contribution in [0.5, 0.6) is 0 Å². The van der Waals surface area contributed by atoms with Crippen LogP contribution in [0, 0.1) is 0 Å². The van der Waals surface area contributed by atoms with Gasteiger partial charge in [0.1, 0.15) is 24.1 Å². The summed E-state index contributed by atoms with van der Waals surface area (Å²) in [6, 6.07) is 0. The van der Waals surface area contributed by atoms with E-state index in [0.29, 0.717) is 22.9 Å². The molecule has 12 heteroatoms. The molecule has 0 radical (unpaired) electrons. The van der Waals surface area contributed by atoms with Crippen molar-refractivity contribution < 1.29 is 28.1 Å². The van der Waals surface area contributed by atoms with E-state index in [-0.39, 0.29) is 11.6 Å². The molecule has 8 nitrogen and oxygen atoms in total. The highest BCUT2D eigenvalue weighted by Gasteiger charge is 2.44. The number of anilines is 1. The smallest absolute Gasteiger partial charge is 0.387 e. The average molecular weight is 365 g/mol. The molecular weight excluding hydrogens is 351 g/mol. The van der Waals surface area contributed by atoms with Crippen LogP contribution in [0.2, 0.25) is 0 Å². The normalized spacial score (nSPS) is 27.9. The Kier molecular flexibility index (Phi) is 4.55. The Bertz CT molecular complexity index is 728. The SMILES string of the molecule is Nc1ncnc2c1ncn2C1OC(CSCC(F)(F)F)C(O)C1O. The molecule has 1 aliphatic heterocycles. The molecular formula is C12H14F3N5O3S. The summed E-state index contributed by atoms with van der Waals surface area (Å²) in [4.78, 5) is 11.8. The van der Waals surface area contributed by atoms with Crippen LogP contribution < -0.4 is 5.73 Å². The molecule has 1 fully saturated rings. The number of rotatable bonds is 4. The fourth-order valence-corrected chi connectivity index (χ4v) is 3.30. The number of alkyl halides is 3. The first-order valence-corrected chi connectivity index (χ1v) is 8.02. The fourth-order valence-electron chi connectivity index (χ4n) is 2.44. The van der Waals surface area contributed by atoms with E-state index >= 15 is 0 Å². The molecule has 1 aliphatic rings. The van der Waals surface area contributed by atoms with Crippen LogP contribution in [0.15, 0.2) is 12.7 Å². The van der Waals surface area contributed by atoms with Gasteiger partial charge in [0.05, 0.1) is 18.2 Å². The number of aliphatic hydroxyl groups excluding tert-OH is 2. The van der Waals surface area contributed by atoms with Crippen molar-refractivity contribution in [1.29, 1.82) is 0 Å². The summed E-state index contributed by atoms with van der Waals surface area (Å²) in [5, 5.41) is 20.2. The monoisotopic (exact) mass is 365 g/mol. The number of nitrogen functional groups attached to an aromatic ring is 1. The van der Waals surface area contributed by atoms with Crippen LogP contribution in [-0.2, 0) is 4.74 Å². The Morgan fingerprint density at radius 2 is 2.00 bits per heavy atom. The van der Waals surface area contributed by atoms with Gasteiger partial charge < -0.3 is 20.7 Å². The van der Waals surface area contributed by atoms with Gasteiger partial charge in [-0.25, -0.2) is 15.0 Å². The minimum Gasteiger partial charge on any atom is -0.387 e. The van der Waals surface area contributed by atoms with Crippen LogP contribution in [0.3, 0.4) is 0 Å². The highest BCUT2D eigenvalue weighted by atomic mass is 32.2. The molecule has 4 atom stereocenters. The number of aromatic nitrogens is 4. The third kappa shape index (κ3) is 3.27. The molecule has 4 N–H and O–H groups in total. The minimum atomic E-state index is -4.30. The molecule has 3 rings (SSSR count). The Labute approximate surface area is 137 Å². The summed E-state index contributed by atoms with van der Waals surface area (Å²) >= 11 is 0.577. The van der Waals surface area contributed by atoms with E-state index in [9.17, 15) is 23.4 Å². The molecule has 24 heavy (non-hydrogen) atoms. The van der Waals surface area contributed by atoms with E-state index < -0.39 is 36.5 Å². The van der Waals surface area contributed by atoms with Crippen molar-refractivity contribution in [3.8, 4) is 0 Å². The highest BCUT2D eigenvalue weighted by Crippen LogP contribution is 2.34. The Morgan fingerprint density at radius 3 is 2.71 bits per heavy atom. The van der Waals surface area contributed by atoms with Crippen LogP contribution in [0.4, 0.5) is 19.0 Å². The molecule has 0 aliphatic carbocycles. The second kappa shape index (κ2) is 6.35. The summed E-state index contributed by atoms with van der Waals surface area (Å²) < 4.78 is 43.5. The largest absolute Gasteiger partial charge is 0.397 e. The molecule has 0 bridgehead atoms. The number of aliphatic hydroxyl groups is 2. The van der Waals surface area contributed by atoms with Crippen molar-refractivity contribution in [2.24, 2.45) is 0 Å². The molecule has 0 spiro atoms. The van der Waals surface area contributed by atoms with Crippen molar-refractivity contribution in [3.63, 3.8) is 0 Å². The Balaban J connectivity index is 1.76. The molecule has 3 heterocycles. The van der Waals surface area contributed by atoms with Crippen molar-refractivity contribution in [2.75, 3.05) is 17.2 Å². The van der Waals surface area contributed by atoms with Crippen molar-refractivity contribution in [1.82, 2.24) is 19.5 Å². The van der Waals surface area contributed by atoms with E-state index in [0.717, 1.165) is 0 Å². The Hall–Kier alpha value is -1.63. The lowest BCUT2D eigenvalue weighted by atomic mass is 10.1. The quantitative estimate of drug-likeness (QED) is 0.709. The van der Waals surface area contributed by atoms with Crippen molar-refractivity contribution in [3.05, 3.63) is 12.7 Å². The summed E-state index contributed by atoms with van der Waals surface area (Å²) in [6.07, 6.45) is -6.42. The Morgan fingerprint density at radius 1 is 1.25 bits per heavy atom. The molecule has 0 amide bonds. The summed E-state index contributed by atoms with van der Waals surface area (Å²) in [7, 11) is 0. The van der Waals surface area contributed by atoms with E-state index in [1.54, 1.807) is 0 Å². The lowest BCUT2D eigenvalue weighted by Crippen LogP contribution is -2.33. The third-order valence-electron chi connectivity index (χ3n) is 3.55. The number of halogens is 3.